The van der Waals surface area contributed by atoms with Crippen LogP contribution in [-0.4, -0.2) is 20.7 Å². The van der Waals surface area contributed by atoms with Crippen LogP contribution in [0.2, 0.25) is 0 Å². The van der Waals surface area contributed by atoms with Crippen LogP contribution in [0.4, 0.5) is 0 Å². The van der Waals surface area contributed by atoms with E-state index >= 15 is 0 Å². The summed E-state index contributed by atoms with van der Waals surface area (Å²) in [5.74, 6) is 0.333. The van der Waals surface area contributed by atoms with E-state index in [1.54, 1.807) is 10.9 Å². The van der Waals surface area contributed by atoms with Crippen LogP contribution < -0.4 is 5.32 Å². The molecule has 0 bridgehead atoms. The van der Waals surface area contributed by atoms with Gasteiger partial charge in [0.15, 0.2) is 0 Å². The molecule has 0 unspecified atom stereocenters. The first-order valence-electron chi connectivity index (χ1n) is 5.42. The van der Waals surface area contributed by atoms with Gasteiger partial charge < -0.3 is 5.32 Å². The molecular formula is C11H13ClN4OS. The SMILES string of the molecule is Cn1nccc1CNC(=O)Cc1nc(CCl)cs1. The average molecular weight is 285 g/mol. The molecule has 0 aliphatic heterocycles. The fourth-order valence-corrected chi connectivity index (χ4v) is 2.48. The quantitative estimate of drug-likeness (QED) is 0.846. The maximum Gasteiger partial charge on any atom is 0.227 e. The molecule has 2 heterocycles. The molecule has 1 amide bonds. The molecule has 0 saturated carbocycles. The molecule has 96 valence electrons. The second-order valence-electron chi connectivity index (χ2n) is 3.77. The Balaban J connectivity index is 1.84. The zero-order valence-electron chi connectivity index (χ0n) is 9.89. The predicted molar refractivity (Wildman–Crippen MR) is 70.4 cm³/mol. The van der Waals surface area contributed by atoms with Gasteiger partial charge in [0.05, 0.1) is 30.2 Å². The molecule has 0 spiro atoms. The molecule has 0 saturated heterocycles. The highest BCUT2D eigenvalue weighted by atomic mass is 35.5. The van der Waals surface area contributed by atoms with Crippen LogP contribution in [0.25, 0.3) is 0 Å². The van der Waals surface area contributed by atoms with Crippen LogP contribution in [0.5, 0.6) is 0 Å². The van der Waals surface area contributed by atoms with Gasteiger partial charge in [-0.3, -0.25) is 9.48 Å². The minimum absolute atomic E-state index is 0.0494. The third kappa shape index (κ3) is 3.30. The van der Waals surface area contributed by atoms with E-state index in [0.29, 0.717) is 18.8 Å². The van der Waals surface area contributed by atoms with Gasteiger partial charge in [-0.05, 0) is 6.07 Å². The third-order valence-electron chi connectivity index (χ3n) is 2.44. The zero-order chi connectivity index (χ0) is 13.0. The highest BCUT2D eigenvalue weighted by Gasteiger charge is 2.08. The number of aryl methyl sites for hydroxylation is 1. The van der Waals surface area contributed by atoms with Crippen molar-refractivity contribution in [1.29, 1.82) is 0 Å². The smallest absolute Gasteiger partial charge is 0.227 e. The van der Waals surface area contributed by atoms with Gasteiger partial charge in [-0.2, -0.15) is 5.10 Å². The van der Waals surface area contributed by atoms with Gasteiger partial charge in [0.2, 0.25) is 5.91 Å². The van der Waals surface area contributed by atoms with Gasteiger partial charge in [-0.15, -0.1) is 22.9 Å². The first-order valence-corrected chi connectivity index (χ1v) is 6.83. The van der Waals surface area contributed by atoms with Crippen molar-refractivity contribution in [1.82, 2.24) is 20.1 Å². The van der Waals surface area contributed by atoms with E-state index in [1.165, 1.54) is 11.3 Å². The minimum Gasteiger partial charge on any atom is -0.350 e. The number of nitrogens with one attached hydrogen (secondary N) is 1. The van der Waals surface area contributed by atoms with E-state index in [2.05, 4.69) is 15.4 Å². The molecule has 7 heteroatoms. The molecule has 2 aromatic rings. The standard InChI is InChI=1S/C11H13ClN4OS/c1-16-9(2-3-14-16)6-13-10(17)4-11-15-8(5-12)7-18-11/h2-3,7H,4-6H2,1H3,(H,13,17). The Kier molecular flexibility index (Phi) is 4.33. The van der Waals surface area contributed by atoms with Crippen LogP contribution in [0, 0.1) is 0 Å². The predicted octanol–water partition coefficient (Wildman–Crippen LogP) is 1.47. The van der Waals surface area contributed by atoms with Gasteiger partial charge >= 0.3 is 0 Å². The maximum atomic E-state index is 11.7. The number of hydrogen-bond acceptors (Lipinski definition) is 4. The van der Waals surface area contributed by atoms with Crippen molar-refractivity contribution >= 4 is 28.8 Å². The largest absolute Gasteiger partial charge is 0.350 e. The molecule has 2 rings (SSSR count). The molecule has 0 radical (unpaired) electrons. The molecule has 1 N–H and O–H groups in total. The van der Waals surface area contributed by atoms with Crippen LogP contribution in [0.1, 0.15) is 16.4 Å². The molecule has 0 atom stereocenters. The number of rotatable bonds is 5. The molecule has 0 aliphatic rings. The fraction of sp³-hybridized carbons (Fsp3) is 0.364. The number of carbonyl (C=O) groups is 1. The lowest BCUT2D eigenvalue weighted by Crippen LogP contribution is -2.25. The van der Waals surface area contributed by atoms with Crippen LogP contribution >= 0.6 is 22.9 Å². The Morgan fingerprint density at radius 2 is 2.44 bits per heavy atom. The highest BCUT2D eigenvalue weighted by molar-refractivity contribution is 7.09. The number of carbonyl (C=O) groups excluding carboxylic acids is 1. The third-order valence-corrected chi connectivity index (χ3v) is 3.61. The number of nitrogens with zero attached hydrogens (tertiary/aromatic N) is 3. The summed E-state index contributed by atoms with van der Waals surface area (Å²) in [6.07, 6.45) is 1.99. The Bertz CT molecular complexity index is 537. The fourth-order valence-electron chi connectivity index (χ4n) is 1.46. The summed E-state index contributed by atoms with van der Waals surface area (Å²) in [6.45, 7) is 0.475. The number of thiazole rings is 1. The van der Waals surface area contributed by atoms with Crippen LogP contribution in [-0.2, 0) is 30.7 Å². The van der Waals surface area contributed by atoms with Crippen molar-refractivity contribution in [3.8, 4) is 0 Å². The number of aromatic nitrogens is 3. The minimum atomic E-state index is -0.0494. The maximum absolute atomic E-state index is 11.7. The summed E-state index contributed by atoms with van der Waals surface area (Å²) in [5.41, 5.74) is 1.78. The Morgan fingerprint density at radius 3 is 3.06 bits per heavy atom. The topological polar surface area (TPSA) is 59.8 Å². The highest BCUT2D eigenvalue weighted by Crippen LogP contribution is 2.12. The summed E-state index contributed by atoms with van der Waals surface area (Å²) in [4.78, 5) is 15.9. The number of hydrogen-bond donors (Lipinski definition) is 1. The van der Waals surface area contributed by atoms with Gasteiger partial charge in [0.1, 0.15) is 5.01 Å². The van der Waals surface area contributed by atoms with Crippen molar-refractivity contribution in [3.63, 3.8) is 0 Å². The van der Waals surface area contributed by atoms with E-state index in [1.807, 2.05) is 18.5 Å². The lowest BCUT2D eigenvalue weighted by atomic mass is 10.3. The number of amides is 1. The summed E-state index contributed by atoms with van der Waals surface area (Å²) in [7, 11) is 1.84. The lowest BCUT2D eigenvalue weighted by molar-refractivity contribution is -0.120. The normalized spacial score (nSPS) is 10.6. The molecule has 0 aliphatic carbocycles. The summed E-state index contributed by atoms with van der Waals surface area (Å²) in [5, 5.41) is 9.53. The van der Waals surface area contributed by atoms with E-state index in [9.17, 15) is 4.79 Å². The monoisotopic (exact) mass is 284 g/mol. The summed E-state index contributed by atoms with van der Waals surface area (Å²) in [6, 6.07) is 1.87. The average Bonchev–Trinajstić information content (AvgIpc) is 2.96. The van der Waals surface area contributed by atoms with Crippen molar-refractivity contribution in [2.75, 3.05) is 0 Å². The van der Waals surface area contributed by atoms with E-state index < -0.39 is 0 Å². The van der Waals surface area contributed by atoms with Gasteiger partial charge in [0, 0.05) is 18.6 Å². The van der Waals surface area contributed by atoms with Crippen LogP contribution in [0.3, 0.4) is 0 Å². The molecule has 0 fully saturated rings. The Hall–Kier alpha value is -1.40. The van der Waals surface area contributed by atoms with E-state index in [4.69, 9.17) is 11.6 Å². The van der Waals surface area contributed by atoms with Crippen molar-refractivity contribution in [3.05, 3.63) is 34.0 Å². The van der Waals surface area contributed by atoms with Gasteiger partial charge in [0.25, 0.3) is 0 Å². The summed E-state index contributed by atoms with van der Waals surface area (Å²) >= 11 is 7.11. The molecule has 5 nitrogen and oxygen atoms in total. The van der Waals surface area contributed by atoms with E-state index in [-0.39, 0.29) is 5.91 Å². The number of alkyl halides is 1. The number of halogens is 1. The first-order chi connectivity index (χ1) is 8.69. The van der Waals surface area contributed by atoms with Gasteiger partial charge in [-0.1, -0.05) is 0 Å². The zero-order valence-corrected chi connectivity index (χ0v) is 11.5. The second-order valence-corrected chi connectivity index (χ2v) is 4.98. The van der Waals surface area contributed by atoms with Gasteiger partial charge in [-0.25, -0.2) is 4.98 Å². The molecule has 2 aromatic heterocycles. The second kappa shape index (κ2) is 5.97. The molecule has 18 heavy (non-hydrogen) atoms. The van der Waals surface area contributed by atoms with Crippen LogP contribution in [0.15, 0.2) is 17.6 Å². The molecule has 0 aromatic carbocycles. The molecular weight excluding hydrogens is 272 g/mol. The van der Waals surface area contributed by atoms with E-state index in [0.717, 1.165) is 16.4 Å². The van der Waals surface area contributed by atoms with Crippen molar-refractivity contribution < 1.29 is 4.79 Å². The Morgan fingerprint density at radius 1 is 1.61 bits per heavy atom. The Labute approximate surface area is 114 Å². The van der Waals surface area contributed by atoms with Crippen molar-refractivity contribution in [2.45, 2.75) is 18.8 Å². The summed E-state index contributed by atoms with van der Waals surface area (Å²) < 4.78 is 1.73. The first kappa shape index (κ1) is 13.0. The van der Waals surface area contributed by atoms with Crippen molar-refractivity contribution in [2.24, 2.45) is 7.05 Å². The lowest BCUT2D eigenvalue weighted by Gasteiger charge is -2.04.